The first-order chi connectivity index (χ1) is 10.1. The molecular weight excluding hydrogens is 262 g/mol. The molecule has 2 aromatic rings. The molecule has 0 fully saturated rings. The van der Waals surface area contributed by atoms with E-state index in [0.717, 1.165) is 28.9 Å². The van der Waals surface area contributed by atoms with Crippen molar-refractivity contribution in [2.45, 2.75) is 26.8 Å². The van der Waals surface area contributed by atoms with Crippen molar-refractivity contribution in [3.63, 3.8) is 0 Å². The fourth-order valence-corrected chi connectivity index (χ4v) is 2.21. The molecule has 1 aromatic carbocycles. The van der Waals surface area contributed by atoms with E-state index in [9.17, 15) is 4.79 Å². The summed E-state index contributed by atoms with van der Waals surface area (Å²) < 4.78 is 0. The lowest BCUT2D eigenvalue weighted by Crippen LogP contribution is -2.21. The second-order valence-corrected chi connectivity index (χ2v) is 5.21. The summed E-state index contributed by atoms with van der Waals surface area (Å²) >= 11 is 0. The van der Waals surface area contributed by atoms with E-state index in [1.54, 1.807) is 6.20 Å². The summed E-state index contributed by atoms with van der Waals surface area (Å²) in [5.41, 5.74) is 4.29. The van der Waals surface area contributed by atoms with Crippen molar-refractivity contribution in [3.05, 3.63) is 59.4 Å². The molecule has 2 rings (SSSR count). The highest BCUT2D eigenvalue weighted by atomic mass is 16.1. The lowest BCUT2D eigenvalue weighted by Gasteiger charge is -2.08. The number of rotatable bonds is 6. The zero-order chi connectivity index (χ0) is 15.1. The van der Waals surface area contributed by atoms with Crippen molar-refractivity contribution in [2.75, 3.05) is 11.9 Å². The Labute approximate surface area is 125 Å². The van der Waals surface area contributed by atoms with Crippen LogP contribution in [0.1, 0.15) is 23.1 Å². The first kappa shape index (κ1) is 15.2. The molecule has 1 heterocycles. The fourth-order valence-electron chi connectivity index (χ4n) is 2.21. The Morgan fingerprint density at radius 3 is 2.62 bits per heavy atom. The van der Waals surface area contributed by atoms with Gasteiger partial charge in [-0.25, -0.2) is 0 Å². The van der Waals surface area contributed by atoms with Gasteiger partial charge in [0.1, 0.15) is 0 Å². The maximum absolute atomic E-state index is 11.9. The van der Waals surface area contributed by atoms with E-state index < -0.39 is 0 Å². The van der Waals surface area contributed by atoms with E-state index >= 15 is 0 Å². The first-order valence-corrected chi connectivity index (χ1v) is 7.11. The summed E-state index contributed by atoms with van der Waals surface area (Å²) in [6, 6.07) is 9.96. The largest absolute Gasteiger partial charge is 0.326 e. The number of carbonyl (C=O) groups excluding carboxylic acids is 1. The highest BCUT2D eigenvalue weighted by molar-refractivity contribution is 5.91. The van der Waals surface area contributed by atoms with Crippen LogP contribution < -0.4 is 10.6 Å². The number of benzene rings is 1. The Morgan fingerprint density at radius 1 is 1.19 bits per heavy atom. The number of hydrogen-bond donors (Lipinski definition) is 2. The molecule has 0 radical (unpaired) electrons. The van der Waals surface area contributed by atoms with Crippen molar-refractivity contribution < 1.29 is 4.79 Å². The quantitative estimate of drug-likeness (QED) is 0.802. The number of aromatic nitrogens is 1. The average Bonchev–Trinajstić information content (AvgIpc) is 2.43. The lowest BCUT2D eigenvalue weighted by atomic mass is 10.1. The number of anilines is 1. The van der Waals surface area contributed by atoms with Gasteiger partial charge in [0.05, 0.1) is 0 Å². The Morgan fingerprint density at radius 2 is 1.95 bits per heavy atom. The zero-order valence-corrected chi connectivity index (χ0v) is 12.5. The van der Waals surface area contributed by atoms with Crippen LogP contribution in [0.4, 0.5) is 5.69 Å². The maximum atomic E-state index is 11.9. The Bertz CT molecular complexity index is 576. The average molecular weight is 283 g/mol. The van der Waals surface area contributed by atoms with Crippen LogP contribution in [0.15, 0.2) is 42.7 Å². The third-order valence-corrected chi connectivity index (χ3v) is 3.09. The summed E-state index contributed by atoms with van der Waals surface area (Å²) in [6.45, 7) is 5.42. The van der Waals surface area contributed by atoms with Crippen LogP contribution in [0.3, 0.4) is 0 Å². The molecule has 1 aromatic heterocycles. The minimum Gasteiger partial charge on any atom is -0.326 e. The smallest absolute Gasteiger partial charge is 0.225 e. The molecule has 0 saturated carbocycles. The van der Waals surface area contributed by atoms with Crippen LogP contribution in [-0.4, -0.2) is 17.4 Å². The van der Waals surface area contributed by atoms with Crippen molar-refractivity contribution in [3.8, 4) is 0 Å². The second kappa shape index (κ2) is 7.55. The molecule has 0 aliphatic carbocycles. The van der Waals surface area contributed by atoms with Gasteiger partial charge in [-0.3, -0.25) is 9.78 Å². The molecule has 0 aliphatic heterocycles. The predicted octanol–water partition coefficient (Wildman–Crippen LogP) is 2.82. The zero-order valence-electron chi connectivity index (χ0n) is 12.5. The highest BCUT2D eigenvalue weighted by Crippen LogP contribution is 2.13. The standard InChI is InChI=1S/C17H21N3O/c1-13-8-14(2)10-16(9-13)20-17(21)5-7-19-12-15-4-3-6-18-11-15/h3-4,6,8-11,19H,5,7,12H2,1-2H3,(H,20,21). The highest BCUT2D eigenvalue weighted by Gasteiger charge is 2.03. The summed E-state index contributed by atoms with van der Waals surface area (Å²) in [6.07, 6.45) is 4.02. The first-order valence-electron chi connectivity index (χ1n) is 7.11. The Kier molecular flexibility index (Phi) is 5.46. The summed E-state index contributed by atoms with van der Waals surface area (Å²) in [5.74, 6) is 0.0266. The van der Waals surface area contributed by atoms with Gasteiger partial charge in [0.15, 0.2) is 0 Å². The number of nitrogens with zero attached hydrogens (tertiary/aromatic N) is 1. The predicted molar refractivity (Wildman–Crippen MR) is 85.1 cm³/mol. The van der Waals surface area contributed by atoms with Gasteiger partial charge in [0, 0.05) is 37.6 Å². The van der Waals surface area contributed by atoms with E-state index in [4.69, 9.17) is 0 Å². The van der Waals surface area contributed by atoms with Gasteiger partial charge in [0.2, 0.25) is 5.91 Å². The van der Waals surface area contributed by atoms with Crippen molar-refractivity contribution in [2.24, 2.45) is 0 Å². The van der Waals surface area contributed by atoms with E-state index in [-0.39, 0.29) is 5.91 Å². The van der Waals surface area contributed by atoms with Gasteiger partial charge in [-0.15, -0.1) is 0 Å². The second-order valence-electron chi connectivity index (χ2n) is 5.21. The van der Waals surface area contributed by atoms with Gasteiger partial charge < -0.3 is 10.6 Å². The summed E-state index contributed by atoms with van der Waals surface area (Å²) in [7, 11) is 0. The number of hydrogen-bond acceptors (Lipinski definition) is 3. The topological polar surface area (TPSA) is 54.0 Å². The van der Waals surface area contributed by atoms with Gasteiger partial charge in [-0.2, -0.15) is 0 Å². The van der Waals surface area contributed by atoms with Gasteiger partial charge in [-0.1, -0.05) is 12.1 Å². The molecule has 21 heavy (non-hydrogen) atoms. The molecule has 1 amide bonds. The molecule has 110 valence electrons. The molecule has 0 spiro atoms. The van der Waals surface area contributed by atoms with E-state index in [0.29, 0.717) is 13.0 Å². The van der Waals surface area contributed by atoms with Crippen LogP contribution in [0.25, 0.3) is 0 Å². The van der Waals surface area contributed by atoms with E-state index in [1.807, 2.05) is 44.3 Å². The van der Waals surface area contributed by atoms with Crippen LogP contribution in [-0.2, 0) is 11.3 Å². The Hall–Kier alpha value is -2.20. The van der Waals surface area contributed by atoms with Crippen molar-refractivity contribution in [1.29, 1.82) is 0 Å². The molecule has 0 unspecified atom stereocenters. The minimum atomic E-state index is 0.0266. The molecule has 4 heteroatoms. The van der Waals surface area contributed by atoms with E-state index in [2.05, 4.69) is 21.7 Å². The molecule has 4 nitrogen and oxygen atoms in total. The normalized spacial score (nSPS) is 10.4. The van der Waals surface area contributed by atoms with Crippen LogP contribution >= 0.6 is 0 Å². The van der Waals surface area contributed by atoms with Crippen LogP contribution in [0.2, 0.25) is 0 Å². The number of pyridine rings is 1. The molecule has 0 bridgehead atoms. The summed E-state index contributed by atoms with van der Waals surface area (Å²) in [5, 5.41) is 6.17. The molecule has 0 saturated heterocycles. The van der Waals surface area contributed by atoms with Crippen molar-refractivity contribution in [1.82, 2.24) is 10.3 Å². The number of nitrogens with one attached hydrogen (secondary N) is 2. The Balaban J connectivity index is 1.72. The van der Waals surface area contributed by atoms with Gasteiger partial charge >= 0.3 is 0 Å². The van der Waals surface area contributed by atoms with E-state index in [1.165, 1.54) is 0 Å². The molecule has 0 atom stereocenters. The number of carbonyl (C=O) groups is 1. The van der Waals surface area contributed by atoms with Crippen molar-refractivity contribution >= 4 is 11.6 Å². The molecular formula is C17H21N3O. The monoisotopic (exact) mass is 283 g/mol. The number of aryl methyl sites for hydroxylation is 2. The third-order valence-electron chi connectivity index (χ3n) is 3.09. The molecule has 2 N–H and O–H groups in total. The number of amides is 1. The van der Waals surface area contributed by atoms with Crippen LogP contribution in [0.5, 0.6) is 0 Å². The molecule has 0 aliphatic rings. The minimum absolute atomic E-state index is 0.0266. The lowest BCUT2D eigenvalue weighted by molar-refractivity contribution is -0.116. The summed E-state index contributed by atoms with van der Waals surface area (Å²) in [4.78, 5) is 15.9. The van der Waals surface area contributed by atoms with Gasteiger partial charge in [-0.05, 0) is 48.7 Å². The maximum Gasteiger partial charge on any atom is 0.225 e. The van der Waals surface area contributed by atoms with Crippen LogP contribution in [0, 0.1) is 13.8 Å². The fraction of sp³-hybridized carbons (Fsp3) is 0.294. The third kappa shape index (κ3) is 5.36. The van der Waals surface area contributed by atoms with Gasteiger partial charge in [0.25, 0.3) is 0 Å². The SMILES string of the molecule is Cc1cc(C)cc(NC(=O)CCNCc2cccnc2)c1.